The molecule has 0 amide bonds. The summed E-state index contributed by atoms with van der Waals surface area (Å²) in [6.45, 7) is 5.40. The van der Waals surface area contributed by atoms with Crippen LogP contribution in [0.4, 0.5) is 0 Å². The number of hydrogen-bond donors (Lipinski definition) is 1. The predicted molar refractivity (Wildman–Crippen MR) is 74.8 cm³/mol. The van der Waals surface area contributed by atoms with Gasteiger partial charge in [0.25, 0.3) is 0 Å². The van der Waals surface area contributed by atoms with Gasteiger partial charge in [-0.25, -0.2) is 0 Å². The average Bonchev–Trinajstić information content (AvgIpc) is 2.96. The molecule has 1 N–H and O–H groups in total. The summed E-state index contributed by atoms with van der Waals surface area (Å²) in [5.74, 6) is 1.63. The summed E-state index contributed by atoms with van der Waals surface area (Å²) in [6.07, 6.45) is 2.35. The number of aromatic nitrogens is 3. The highest BCUT2D eigenvalue weighted by atomic mass is 32.1. The molecule has 0 unspecified atom stereocenters. The summed E-state index contributed by atoms with van der Waals surface area (Å²) in [5, 5.41) is 9.30. The average molecular weight is 267 g/mol. The van der Waals surface area contributed by atoms with Gasteiger partial charge in [0, 0.05) is 6.54 Å². The Bertz CT molecular complexity index is 506. The highest BCUT2D eigenvalue weighted by Crippen LogP contribution is 2.24. The van der Waals surface area contributed by atoms with Crippen LogP contribution in [0.3, 0.4) is 0 Å². The maximum Gasteiger partial charge on any atom is 0.195 e. The maximum atomic E-state index is 5.31. The molecule has 0 aliphatic rings. The molecule has 0 aromatic carbocycles. The van der Waals surface area contributed by atoms with Crippen LogP contribution in [0.5, 0.6) is 0 Å². The molecule has 2 aromatic heterocycles. The van der Waals surface area contributed by atoms with E-state index in [4.69, 9.17) is 12.2 Å². The van der Waals surface area contributed by atoms with E-state index in [0.717, 1.165) is 17.1 Å². The summed E-state index contributed by atoms with van der Waals surface area (Å²) in [4.78, 5) is 1.17. The molecular weight excluding hydrogens is 250 g/mol. The Labute approximate surface area is 111 Å². The van der Waals surface area contributed by atoms with Crippen LogP contribution < -0.4 is 0 Å². The highest BCUT2D eigenvalue weighted by molar-refractivity contribution is 7.71. The molecule has 0 saturated heterocycles. The molecule has 0 spiro atoms. The lowest BCUT2D eigenvalue weighted by atomic mass is 10.0. The summed E-state index contributed by atoms with van der Waals surface area (Å²) in [6, 6.07) is 4.12. The van der Waals surface area contributed by atoms with Gasteiger partial charge in [-0.3, -0.25) is 9.67 Å². The van der Waals surface area contributed by atoms with Crippen molar-refractivity contribution in [3.8, 4) is 10.7 Å². The quantitative estimate of drug-likeness (QED) is 0.827. The number of aromatic amines is 1. The molecule has 2 heterocycles. The molecule has 0 radical (unpaired) electrons. The number of nitrogens with one attached hydrogen (secondary N) is 1. The molecule has 92 valence electrons. The lowest BCUT2D eigenvalue weighted by molar-refractivity contribution is 0.418. The summed E-state index contributed by atoms with van der Waals surface area (Å²) >= 11 is 7.01. The molecule has 0 saturated carbocycles. The van der Waals surface area contributed by atoms with Crippen LogP contribution in [0.15, 0.2) is 17.5 Å². The van der Waals surface area contributed by atoms with Gasteiger partial charge in [-0.2, -0.15) is 5.10 Å². The third-order valence-corrected chi connectivity index (χ3v) is 4.27. The van der Waals surface area contributed by atoms with E-state index in [0.29, 0.717) is 5.92 Å². The van der Waals surface area contributed by atoms with E-state index in [1.54, 1.807) is 11.3 Å². The topological polar surface area (TPSA) is 33.6 Å². The first kappa shape index (κ1) is 12.5. The second-order valence-electron chi connectivity index (χ2n) is 4.12. The van der Waals surface area contributed by atoms with Crippen LogP contribution in [0.25, 0.3) is 10.7 Å². The van der Waals surface area contributed by atoms with Crippen molar-refractivity contribution in [2.24, 2.45) is 5.92 Å². The van der Waals surface area contributed by atoms with Crippen molar-refractivity contribution in [1.29, 1.82) is 0 Å². The SMILES string of the molecule is CCC(CC)Cn1c(-c2cccs2)n[nH]c1=S. The van der Waals surface area contributed by atoms with Crippen LogP contribution in [0.2, 0.25) is 0 Å². The predicted octanol–water partition coefficient (Wildman–Crippen LogP) is 4.11. The van der Waals surface area contributed by atoms with Gasteiger partial charge in [0.05, 0.1) is 4.88 Å². The van der Waals surface area contributed by atoms with E-state index in [1.807, 2.05) is 6.07 Å². The summed E-state index contributed by atoms with van der Waals surface area (Å²) in [5.41, 5.74) is 0. The van der Waals surface area contributed by atoms with Gasteiger partial charge in [-0.05, 0) is 29.6 Å². The molecule has 0 aliphatic carbocycles. The minimum absolute atomic E-state index is 0.665. The van der Waals surface area contributed by atoms with Crippen molar-refractivity contribution in [1.82, 2.24) is 14.8 Å². The standard InChI is InChI=1S/C12H17N3S2/c1-3-9(4-2)8-15-11(13-14-12(15)16)10-6-5-7-17-10/h5-7,9H,3-4,8H2,1-2H3,(H,14,16). The van der Waals surface area contributed by atoms with E-state index < -0.39 is 0 Å². The first-order valence-corrected chi connectivity index (χ1v) is 7.24. The van der Waals surface area contributed by atoms with Crippen molar-refractivity contribution in [2.75, 3.05) is 0 Å². The highest BCUT2D eigenvalue weighted by Gasteiger charge is 2.13. The third-order valence-electron chi connectivity index (χ3n) is 3.10. The minimum Gasteiger partial charge on any atom is -0.299 e. The van der Waals surface area contributed by atoms with Crippen LogP contribution >= 0.6 is 23.6 Å². The van der Waals surface area contributed by atoms with Crippen molar-refractivity contribution < 1.29 is 0 Å². The second-order valence-corrected chi connectivity index (χ2v) is 5.46. The number of nitrogens with zero attached hydrogens (tertiary/aromatic N) is 2. The first-order valence-electron chi connectivity index (χ1n) is 5.95. The Kier molecular flexibility index (Phi) is 4.12. The fourth-order valence-corrected chi connectivity index (χ4v) is 2.81. The van der Waals surface area contributed by atoms with Crippen LogP contribution in [0, 0.1) is 10.7 Å². The number of rotatable bonds is 5. The van der Waals surface area contributed by atoms with Gasteiger partial charge in [0.15, 0.2) is 10.6 Å². The monoisotopic (exact) mass is 267 g/mol. The zero-order valence-electron chi connectivity index (χ0n) is 10.1. The Morgan fingerprint density at radius 3 is 2.82 bits per heavy atom. The van der Waals surface area contributed by atoms with Crippen molar-refractivity contribution in [3.63, 3.8) is 0 Å². The fraction of sp³-hybridized carbons (Fsp3) is 0.500. The van der Waals surface area contributed by atoms with Crippen molar-refractivity contribution >= 4 is 23.6 Å². The Balaban J connectivity index is 2.33. The van der Waals surface area contributed by atoms with Gasteiger partial charge < -0.3 is 0 Å². The molecule has 3 nitrogen and oxygen atoms in total. The van der Waals surface area contributed by atoms with Gasteiger partial charge in [0.1, 0.15) is 0 Å². The molecule has 0 aliphatic heterocycles. The molecular formula is C12H17N3S2. The normalized spacial score (nSPS) is 11.2. The van der Waals surface area contributed by atoms with Crippen LogP contribution in [-0.2, 0) is 6.54 Å². The summed E-state index contributed by atoms with van der Waals surface area (Å²) < 4.78 is 2.85. The van der Waals surface area contributed by atoms with Crippen LogP contribution in [0.1, 0.15) is 26.7 Å². The molecule has 0 fully saturated rings. The zero-order chi connectivity index (χ0) is 12.3. The lowest BCUT2D eigenvalue weighted by Gasteiger charge is -2.13. The van der Waals surface area contributed by atoms with Crippen molar-refractivity contribution in [3.05, 3.63) is 22.3 Å². The van der Waals surface area contributed by atoms with Crippen LogP contribution in [-0.4, -0.2) is 14.8 Å². The van der Waals surface area contributed by atoms with Gasteiger partial charge in [-0.15, -0.1) is 11.3 Å². The number of hydrogen-bond acceptors (Lipinski definition) is 3. The lowest BCUT2D eigenvalue weighted by Crippen LogP contribution is -2.10. The number of thiophene rings is 1. The molecule has 2 rings (SSSR count). The molecule has 2 aromatic rings. The molecule has 5 heteroatoms. The maximum absolute atomic E-state index is 5.31. The first-order chi connectivity index (χ1) is 8.26. The van der Waals surface area contributed by atoms with Crippen molar-refractivity contribution in [2.45, 2.75) is 33.2 Å². The second kappa shape index (κ2) is 5.60. The molecule has 0 bridgehead atoms. The Hall–Kier alpha value is -0.940. The Morgan fingerprint density at radius 2 is 2.24 bits per heavy atom. The van der Waals surface area contributed by atoms with Gasteiger partial charge in [0.2, 0.25) is 0 Å². The van der Waals surface area contributed by atoms with E-state index in [9.17, 15) is 0 Å². The van der Waals surface area contributed by atoms with Gasteiger partial charge >= 0.3 is 0 Å². The smallest absolute Gasteiger partial charge is 0.195 e. The Morgan fingerprint density at radius 1 is 1.47 bits per heavy atom. The molecule has 17 heavy (non-hydrogen) atoms. The van der Waals surface area contributed by atoms with E-state index >= 15 is 0 Å². The minimum atomic E-state index is 0.665. The molecule has 0 atom stereocenters. The largest absolute Gasteiger partial charge is 0.299 e. The fourth-order valence-electron chi connectivity index (χ4n) is 1.89. The van der Waals surface area contributed by atoms with E-state index in [2.05, 4.69) is 40.1 Å². The van der Waals surface area contributed by atoms with E-state index in [1.165, 1.54) is 17.7 Å². The van der Waals surface area contributed by atoms with E-state index in [-0.39, 0.29) is 0 Å². The number of H-pyrrole nitrogens is 1. The summed E-state index contributed by atoms with van der Waals surface area (Å²) in [7, 11) is 0. The van der Waals surface area contributed by atoms with Gasteiger partial charge in [-0.1, -0.05) is 32.8 Å². The zero-order valence-corrected chi connectivity index (χ0v) is 11.8. The third kappa shape index (κ3) is 2.66.